The molecule has 3 aliphatic heterocycles. The fraction of sp³-hybridized carbons (Fsp3) is 0.0233. The number of rotatable bonds is 7. The highest BCUT2D eigenvalue weighted by atomic mass is 28.6. The summed E-state index contributed by atoms with van der Waals surface area (Å²) in [6, 6.07) is 63.4. The van der Waals surface area contributed by atoms with E-state index in [0.717, 1.165) is 0 Å². The molecule has 3 aliphatic rings. The van der Waals surface area contributed by atoms with Crippen molar-refractivity contribution in [1.29, 1.82) is 0 Å². The van der Waals surface area contributed by atoms with Crippen LogP contribution in [0.25, 0.3) is 0 Å². The van der Waals surface area contributed by atoms with Crippen molar-refractivity contribution >= 4 is 97.5 Å². The zero-order valence-electron chi connectivity index (χ0n) is 32.5. The highest BCUT2D eigenvalue weighted by molar-refractivity contribution is 7.13. The Bertz CT molecular complexity index is 2320. The first kappa shape index (κ1) is 40.7. The molecule has 7 aromatic carbocycles. The van der Waals surface area contributed by atoms with Crippen LogP contribution in [-0.2, 0) is 32.9 Å². The van der Waals surface area contributed by atoms with Crippen molar-refractivity contribution in [3.8, 4) is 0 Å². The third-order valence-corrected chi connectivity index (χ3v) is 40.6. The van der Waals surface area contributed by atoms with Crippen molar-refractivity contribution < 1.29 is 47.3 Å². The molecule has 4 bridgehead atoms. The summed E-state index contributed by atoms with van der Waals surface area (Å²) in [4.78, 5) is 40.9. The van der Waals surface area contributed by atoms with Crippen LogP contribution in [0.5, 0.6) is 0 Å². The van der Waals surface area contributed by atoms with Gasteiger partial charge in [0.2, 0.25) is 0 Å². The van der Waals surface area contributed by atoms with Crippen LogP contribution in [0, 0.1) is 0 Å². The van der Waals surface area contributed by atoms with Gasteiger partial charge in [0.15, 0.2) is 0 Å². The Morgan fingerprint density at radius 1 is 0.246 bits per heavy atom. The van der Waals surface area contributed by atoms with Gasteiger partial charge in [-0.3, -0.25) is 0 Å². The molecule has 7 aromatic rings. The molecule has 3 heterocycles. The van der Waals surface area contributed by atoms with E-state index in [2.05, 4.69) is 0 Å². The van der Waals surface area contributed by atoms with E-state index < -0.39 is 61.1 Å². The molecule has 61 heavy (non-hydrogen) atoms. The lowest BCUT2D eigenvalue weighted by molar-refractivity contribution is 0.0815. The lowest BCUT2D eigenvalue weighted by Gasteiger charge is -2.57. The van der Waals surface area contributed by atoms with E-state index in [1.807, 2.05) is 115 Å². The normalized spacial score (nSPS) is 32.4. The zero-order valence-corrected chi connectivity index (χ0v) is 39.5. The third kappa shape index (κ3) is 7.34. The molecule has 10 rings (SSSR count). The molecule has 4 unspecified atom stereocenters. The lowest BCUT2D eigenvalue weighted by atomic mass is 10.4. The van der Waals surface area contributed by atoms with Crippen molar-refractivity contribution in [3.63, 3.8) is 0 Å². The average Bonchev–Trinajstić information content (AvgIpc) is 3.29. The zero-order chi connectivity index (χ0) is 41.7. The molecule has 306 valence electrons. The molecule has 0 radical (unpaired) electrons. The van der Waals surface area contributed by atoms with Gasteiger partial charge in [0.05, 0.1) is 0 Å². The first-order valence-electron chi connectivity index (χ1n) is 19.8. The predicted molar refractivity (Wildman–Crippen MR) is 243 cm³/mol. The molecule has 0 aliphatic carbocycles. The fourth-order valence-corrected chi connectivity index (χ4v) is 46.7. The average molecular weight is 929 g/mol. The Morgan fingerprint density at radius 2 is 0.459 bits per heavy atom. The van der Waals surface area contributed by atoms with Gasteiger partial charge in [-0.2, -0.15) is 0 Å². The topological polar surface area (TPSA) is 135 Å². The van der Waals surface area contributed by atoms with E-state index in [0.29, 0.717) is 31.1 Å². The number of benzene rings is 7. The van der Waals surface area contributed by atoms with Crippen LogP contribution >= 0.6 is 0 Å². The highest BCUT2D eigenvalue weighted by Gasteiger charge is 2.78. The van der Waals surface area contributed by atoms with E-state index in [4.69, 9.17) is 32.9 Å². The van der Waals surface area contributed by atoms with Gasteiger partial charge in [-0.25, -0.2) is 0 Å². The second-order valence-electron chi connectivity index (χ2n) is 14.9. The first-order chi connectivity index (χ1) is 29.6. The van der Waals surface area contributed by atoms with Crippen LogP contribution in [-0.4, -0.2) is 75.5 Å². The van der Waals surface area contributed by atoms with Gasteiger partial charge in [-0.1, -0.05) is 212 Å². The molecule has 3 N–H and O–H groups in total. The monoisotopic (exact) mass is 928 g/mol. The molecular formula is C43H40O11Si7. The molecule has 11 nitrogen and oxygen atoms in total. The summed E-state index contributed by atoms with van der Waals surface area (Å²) < 4.78 is 60.0. The summed E-state index contributed by atoms with van der Waals surface area (Å²) >= 11 is 0. The highest BCUT2D eigenvalue weighted by Crippen LogP contribution is 2.43. The maximum atomic E-state index is 13.6. The van der Waals surface area contributed by atoms with Crippen LogP contribution in [0.15, 0.2) is 212 Å². The van der Waals surface area contributed by atoms with Gasteiger partial charge >= 0.3 is 61.1 Å². The number of fused-ring (bicyclic) bond motifs is 3. The lowest BCUT2D eigenvalue weighted by Crippen LogP contribution is -2.89. The maximum absolute atomic E-state index is 13.6. The summed E-state index contributed by atoms with van der Waals surface area (Å²) in [6.45, 7) is 0. The molecule has 0 aromatic heterocycles. The predicted octanol–water partition coefficient (Wildman–Crippen LogP) is 1.61. The van der Waals surface area contributed by atoms with Gasteiger partial charge in [0.1, 0.15) is 0 Å². The van der Waals surface area contributed by atoms with Gasteiger partial charge < -0.3 is 47.3 Å². The van der Waals surface area contributed by atoms with Crippen LogP contribution in [0.3, 0.4) is 0 Å². The van der Waals surface area contributed by atoms with Gasteiger partial charge in [-0.05, 0) is 10.4 Å². The maximum Gasteiger partial charge on any atom is 0.520 e. The Morgan fingerprint density at radius 3 is 0.738 bits per heavy atom. The van der Waals surface area contributed by atoms with Crippen LogP contribution in [0.2, 0.25) is 5.67 Å². The summed E-state index contributed by atoms with van der Waals surface area (Å²) in [6.07, 6.45) is 0. The molecule has 0 amide bonds. The molecule has 0 saturated carbocycles. The smallest absolute Gasteiger partial charge is 0.387 e. The van der Waals surface area contributed by atoms with Crippen molar-refractivity contribution in [3.05, 3.63) is 212 Å². The van der Waals surface area contributed by atoms with Crippen LogP contribution in [0.4, 0.5) is 0 Å². The molecular weight excluding hydrogens is 889 g/mol. The van der Waals surface area contributed by atoms with E-state index in [1.165, 1.54) is 0 Å². The Labute approximate surface area is 360 Å². The second kappa shape index (κ2) is 15.8. The molecule has 3 fully saturated rings. The molecule has 18 heteroatoms. The second-order valence-corrected chi connectivity index (χ2v) is 35.6. The van der Waals surface area contributed by atoms with Crippen LogP contribution < -0.4 is 36.3 Å². The largest absolute Gasteiger partial charge is 0.520 e. The van der Waals surface area contributed by atoms with E-state index in [9.17, 15) is 14.4 Å². The number of hydrogen-bond donors (Lipinski definition) is 3. The minimum Gasteiger partial charge on any atom is -0.387 e. The van der Waals surface area contributed by atoms with Gasteiger partial charge in [-0.15, -0.1) is 0 Å². The minimum atomic E-state index is -4.98. The van der Waals surface area contributed by atoms with E-state index >= 15 is 0 Å². The Kier molecular flexibility index (Phi) is 10.5. The van der Waals surface area contributed by atoms with Crippen LogP contribution in [0.1, 0.15) is 0 Å². The van der Waals surface area contributed by atoms with Gasteiger partial charge in [0, 0.05) is 31.6 Å². The Balaban J connectivity index is 1.38. The summed E-state index contributed by atoms with van der Waals surface area (Å²) in [7, 11) is -33.2. The molecule has 0 spiro atoms. The van der Waals surface area contributed by atoms with Crippen molar-refractivity contribution in [1.82, 2.24) is 0 Å². The quantitative estimate of drug-likeness (QED) is 0.202. The molecule has 3 saturated heterocycles. The van der Waals surface area contributed by atoms with Crippen molar-refractivity contribution in [2.75, 3.05) is 0 Å². The van der Waals surface area contributed by atoms with E-state index in [1.54, 1.807) is 97.1 Å². The fourth-order valence-electron chi connectivity index (χ4n) is 8.05. The van der Waals surface area contributed by atoms with Gasteiger partial charge in [0.25, 0.3) is 0 Å². The summed E-state index contributed by atoms with van der Waals surface area (Å²) in [5, 5.41) is 2.99. The third-order valence-electron chi connectivity index (χ3n) is 10.9. The summed E-state index contributed by atoms with van der Waals surface area (Å²) in [5.41, 5.74) is -0.0910. The van der Waals surface area contributed by atoms with Crippen molar-refractivity contribution in [2.24, 2.45) is 0 Å². The number of hydrogen-bond acceptors (Lipinski definition) is 11. The SMILES string of the molecule is O[Si]1(c2ccccc2)O[Si]2(c3ccccc3)C[Si]3(c4ccccc4)O[Si](c4ccccc4)(O1)O[Si](O)(c1ccccc1)O[Si](c1ccccc1)(O[Si](O)(c1ccccc1)O2)O3. The minimum absolute atomic E-state index is 0.0910. The Hall–Kier alpha value is -4.38. The summed E-state index contributed by atoms with van der Waals surface area (Å²) in [5.74, 6) is 0. The van der Waals surface area contributed by atoms with E-state index in [-0.39, 0.29) is 10.9 Å². The molecule has 4 atom stereocenters. The standard InChI is InChI=1S/C43H40O11Si7/c44-57(39-26-12-3-13-27-39)47-55(37-22-8-1-9-23-37)36-56(38-24-10-2-11-25-38)49-60(51-57,42-32-18-6-19-33-42)53-59(46,41-30-16-5-17-31-41)54-61(50-56,43-34-20-7-21-35-43)52-58(45,48-55)40-28-14-4-15-29-40/h1-35,44-46H,36H2. The first-order valence-corrected chi connectivity index (χ1v) is 32.6. The van der Waals surface area contributed by atoms with Crippen molar-refractivity contribution in [2.45, 2.75) is 5.67 Å².